The van der Waals surface area contributed by atoms with Crippen LogP contribution in [0.4, 0.5) is 0 Å². The second kappa shape index (κ2) is 5.51. The van der Waals surface area contributed by atoms with E-state index in [0.29, 0.717) is 32.8 Å². The normalized spacial score (nSPS) is 12.3. The standard InChI is InChI=1S/C20H13N3O4S/c21-28(26,27)17-7-3-6-14-18(17)20(25)12-9-15-11(8-16(12)23-14)19(24)10-4-1-2-5-13(10)22-15/h1-9H,(H,22,24)(H,23,25)(H2,21,26,27). The van der Waals surface area contributed by atoms with Gasteiger partial charge in [-0.05, 0) is 36.4 Å². The van der Waals surface area contributed by atoms with E-state index >= 15 is 0 Å². The number of hydrogen-bond acceptors (Lipinski definition) is 4. The van der Waals surface area contributed by atoms with Gasteiger partial charge in [0.05, 0.1) is 26.8 Å². The molecule has 0 amide bonds. The number of sulfonamides is 1. The molecule has 5 aromatic rings. The summed E-state index contributed by atoms with van der Waals surface area (Å²) in [4.78, 5) is 32.0. The van der Waals surface area contributed by atoms with Gasteiger partial charge >= 0.3 is 0 Å². The molecule has 28 heavy (non-hydrogen) atoms. The Bertz CT molecular complexity index is 1680. The Morgan fingerprint density at radius 3 is 2.00 bits per heavy atom. The number of aromatic nitrogens is 2. The second-order valence-corrected chi connectivity index (χ2v) is 8.15. The SMILES string of the molecule is NS(=O)(=O)c1cccc2[nH]c3cc4c(=O)c5ccccc5[nH]c4cc3c(=O)c12. The molecule has 0 unspecified atom stereocenters. The fourth-order valence-corrected chi connectivity index (χ4v) is 4.40. The lowest BCUT2D eigenvalue weighted by molar-refractivity contribution is 0.598. The number of rotatable bonds is 1. The molecule has 3 aromatic carbocycles. The van der Waals surface area contributed by atoms with E-state index in [1.165, 1.54) is 12.1 Å². The van der Waals surface area contributed by atoms with Gasteiger partial charge in [0.15, 0.2) is 10.9 Å². The molecule has 0 spiro atoms. The van der Waals surface area contributed by atoms with Crippen LogP contribution < -0.4 is 16.0 Å². The minimum atomic E-state index is -4.08. The van der Waals surface area contributed by atoms with E-state index < -0.39 is 15.5 Å². The maximum Gasteiger partial charge on any atom is 0.238 e. The lowest BCUT2D eigenvalue weighted by Crippen LogP contribution is -2.16. The highest BCUT2D eigenvalue weighted by Crippen LogP contribution is 2.24. The Morgan fingerprint density at radius 2 is 1.29 bits per heavy atom. The van der Waals surface area contributed by atoms with Gasteiger partial charge in [-0.1, -0.05) is 18.2 Å². The average molecular weight is 391 g/mol. The molecule has 0 fully saturated rings. The Morgan fingerprint density at radius 1 is 0.679 bits per heavy atom. The van der Waals surface area contributed by atoms with E-state index in [2.05, 4.69) is 9.97 Å². The van der Waals surface area contributed by atoms with Crippen LogP contribution in [0.5, 0.6) is 0 Å². The van der Waals surface area contributed by atoms with Crippen molar-refractivity contribution in [3.8, 4) is 0 Å². The third kappa shape index (κ3) is 2.29. The van der Waals surface area contributed by atoms with Crippen LogP contribution in [0.25, 0.3) is 43.6 Å². The topological polar surface area (TPSA) is 126 Å². The summed E-state index contributed by atoms with van der Waals surface area (Å²) < 4.78 is 23.8. The van der Waals surface area contributed by atoms with Crippen molar-refractivity contribution in [1.82, 2.24) is 9.97 Å². The van der Waals surface area contributed by atoms with Gasteiger partial charge in [-0.25, -0.2) is 13.6 Å². The van der Waals surface area contributed by atoms with Crippen molar-refractivity contribution in [2.45, 2.75) is 4.90 Å². The maximum absolute atomic E-state index is 13.1. The Hall–Kier alpha value is -3.49. The molecule has 5 rings (SSSR count). The first-order chi connectivity index (χ1) is 13.3. The fourth-order valence-electron chi connectivity index (χ4n) is 3.65. The highest BCUT2D eigenvalue weighted by Gasteiger charge is 2.18. The molecule has 138 valence electrons. The molecule has 7 nitrogen and oxygen atoms in total. The predicted molar refractivity (Wildman–Crippen MR) is 109 cm³/mol. The molecule has 0 saturated carbocycles. The van der Waals surface area contributed by atoms with E-state index in [-0.39, 0.29) is 21.1 Å². The molecule has 0 atom stereocenters. The maximum atomic E-state index is 13.1. The number of hydrogen-bond donors (Lipinski definition) is 3. The Labute approximate surface area is 157 Å². The summed E-state index contributed by atoms with van der Waals surface area (Å²) in [5, 5.41) is 6.53. The number of benzene rings is 3. The van der Waals surface area contributed by atoms with Crippen molar-refractivity contribution in [2.24, 2.45) is 5.14 Å². The van der Waals surface area contributed by atoms with Gasteiger partial charge in [0, 0.05) is 21.7 Å². The average Bonchev–Trinajstić information content (AvgIpc) is 2.66. The second-order valence-electron chi connectivity index (χ2n) is 6.62. The van der Waals surface area contributed by atoms with Gasteiger partial charge in [-0.15, -0.1) is 0 Å². The van der Waals surface area contributed by atoms with Crippen molar-refractivity contribution in [1.29, 1.82) is 0 Å². The van der Waals surface area contributed by atoms with Crippen molar-refractivity contribution >= 4 is 53.6 Å². The lowest BCUT2D eigenvalue weighted by Gasteiger charge is -2.08. The minimum absolute atomic E-state index is 0.0000129. The van der Waals surface area contributed by atoms with Crippen molar-refractivity contribution in [2.75, 3.05) is 0 Å². The van der Waals surface area contributed by atoms with E-state index in [9.17, 15) is 18.0 Å². The first-order valence-corrected chi connectivity index (χ1v) is 9.95. The van der Waals surface area contributed by atoms with E-state index in [1.54, 1.807) is 36.4 Å². The first kappa shape index (κ1) is 16.7. The zero-order valence-electron chi connectivity index (χ0n) is 14.3. The van der Waals surface area contributed by atoms with E-state index in [0.717, 1.165) is 0 Å². The quantitative estimate of drug-likeness (QED) is 0.379. The van der Waals surface area contributed by atoms with Crippen LogP contribution in [0.2, 0.25) is 0 Å². The van der Waals surface area contributed by atoms with Crippen LogP contribution in [0.3, 0.4) is 0 Å². The molecule has 0 saturated heterocycles. The zero-order chi connectivity index (χ0) is 19.6. The van der Waals surface area contributed by atoms with Crippen LogP contribution >= 0.6 is 0 Å². The van der Waals surface area contributed by atoms with Gasteiger partial charge < -0.3 is 9.97 Å². The third-order valence-electron chi connectivity index (χ3n) is 4.92. The van der Waals surface area contributed by atoms with Crippen LogP contribution in [0.1, 0.15) is 0 Å². The van der Waals surface area contributed by atoms with Gasteiger partial charge in [0.25, 0.3) is 0 Å². The number of nitrogens with two attached hydrogens (primary N) is 1. The molecule has 0 radical (unpaired) electrons. The molecular weight excluding hydrogens is 378 g/mol. The Kier molecular flexibility index (Phi) is 3.28. The van der Waals surface area contributed by atoms with Gasteiger partial charge in [0.1, 0.15) is 0 Å². The van der Waals surface area contributed by atoms with Crippen molar-refractivity contribution in [3.05, 3.63) is 75.0 Å². The number of H-pyrrole nitrogens is 2. The summed E-state index contributed by atoms with van der Waals surface area (Å²) in [7, 11) is -4.08. The van der Waals surface area contributed by atoms with Gasteiger partial charge in [-0.2, -0.15) is 0 Å². The summed E-state index contributed by atoms with van der Waals surface area (Å²) in [5.41, 5.74) is 1.31. The molecule has 4 N–H and O–H groups in total. The van der Waals surface area contributed by atoms with Gasteiger partial charge in [0.2, 0.25) is 10.0 Å². The number of primary sulfonamides is 1. The Balaban J connectivity index is 2.02. The predicted octanol–water partition coefficient (Wildman–Crippen LogP) is 2.32. The number of nitrogens with one attached hydrogen (secondary N) is 2. The molecule has 0 aliphatic carbocycles. The minimum Gasteiger partial charge on any atom is -0.354 e. The van der Waals surface area contributed by atoms with Crippen molar-refractivity contribution < 1.29 is 8.42 Å². The monoisotopic (exact) mass is 391 g/mol. The molecule has 0 aliphatic rings. The summed E-state index contributed by atoms with van der Waals surface area (Å²) in [6.07, 6.45) is 0. The summed E-state index contributed by atoms with van der Waals surface area (Å²) in [6, 6.07) is 14.7. The van der Waals surface area contributed by atoms with Crippen LogP contribution in [-0.4, -0.2) is 18.4 Å². The zero-order valence-corrected chi connectivity index (χ0v) is 15.1. The molecule has 2 heterocycles. The summed E-state index contributed by atoms with van der Waals surface area (Å²) in [6.45, 7) is 0. The number of fused-ring (bicyclic) bond motifs is 4. The van der Waals surface area contributed by atoms with Crippen LogP contribution in [0.15, 0.2) is 69.1 Å². The lowest BCUT2D eigenvalue weighted by atomic mass is 10.1. The summed E-state index contributed by atoms with van der Waals surface area (Å²) in [5.74, 6) is 0. The summed E-state index contributed by atoms with van der Waals surface area (Å²) >= 11 is 0. The van der Waals surface area contributed by atoms with Crippen LogP contribution in [0, 0.1) is 0 Å². The fraction of sp³-hybridized carbons (Fsp3) is 0. The molecule has 8 heteroatoms. The molecule has 0 bridgehead atoms. The first-order valence-electron chi connectivity index (χ1n) is 8.41. The largest absolute Gasteiger partial charge is 0.354 e. The smallest absolute Gasteiger partial charge is 0.238 e. The number of para-hydroxylation sites is 1. The number of pyridine rings is 2. The highest BCUT2D eigenvalue weighted by molar-refractivity contribution is 7.89. The van der Waals surface area contributed by atoms with Gasteiger partial charge in [-0.3, -0.25) is 9.59 Å². The molecular formula is C20H13N3O4S. The van der Waals surface area contributed by atoms with E-state index in [4.69, 9.17) is 5.14 Å². The third-order valence-corrected chi connectivity index (χ3v) is 5.87. The number of aromatic amines is 2. The van der Waals surface area contributed by atoms with E-state index in [1.807, 2.05) is 6.07 Å². The molecule has 0 aliphatic heterocycles. The highest BCUT2D eigenvalue weighted by atomic mass is 32.2. The van der Waals surface area contributed by atoms with Crippen molar-refractivity contribution in [3.63, 3.8) is 0 Å². The molecule has 2 aromatic heterocycles. The van der Waals surface area contributed by atoms with Crippen LogP contribution in [-0.2, 0) is 10.0 Å².